The van der Waals surface area contributed by atoms with Gasteiger partial charge in [-0.25, -0.2) is 0 Å². The molecular weight excluding hydrogens is 378 g/mol. The average Bonchev–Trinajstić information content (AvgIpc) is 2.80. The van der Waals surface area contributed by atoms with Crippen molar-refractivity contribution in [1.82, 2.24) is 15.3 Å². The molecule has 0 radical (unpaired) electrons. The van der Waals surface area contributed by atoms with E-state index in [2.05, 4.69) is 32.4 Å². The Hall–Kier alpha value is -3.45. The van der Waals surface area contributed by atoms with E-state index in [-0.39, 0.29) is 5.91 Å². The van der Waals surface area contributed by atoms with E-state index in [9.17, 15) is 4.79 Å². The number of piperazine rings is 1. The molecule has 1 saturated heterocycles. The van der Waals surface area contributed by atoms with Crippen LogP contribution in [0.4, 0.5) is 11.4 Å². The maximum absolute atomic E-state index is 12.8. The summed E-state index contributed by atoms with van der Waals surface area (Å²) in [4.78, 5) is 23.5. The number of ether oxygens (including phenoxy) is 1. The molecule has 1 unspecified atom stereocenters. The van der Waals surface area contributed by atoms with Crippen molar-refractivity contribution in [3.63, 3.8) is 0 Å². The average molecular weight is 403 g/mol. The van der Waals surface area contributed by atoms with Gasteiger partial charge in [-0.15, -0.1) is 0 Å². The Kier molecular flexibility index (Phi) is 5.90. The quantitative estimate of drug-likeness (QED) is 0.681. The standard InChI is InChI=1S/C23H25N5O2/c1-16-14-25-11-12-28(16)21-13-19(4-6-22(21)30-2)27-23(29)18-3-5-20(26-15-18)17-7-9-24-10-8-17/h3-10,13,15-16,25H,11-12,14H2,1-2H3,(H,27,29). The first kappa shape index (κ1) is 19.8. The number of nitrogens with one attached hydrogen (secondary N) is 2. The number of rotatable bonds is 5. The number of amides is 1. The SMILES string of the molecule is COc1ccc(NC(=O)c2ccc(-c3ccncc3)nc2)cc1N1CCNCC1C. The van der Waals surface area contributed by atoms with Crippen LogP contribution < -0.4 is 20.3 Å². The maximum atomic E-state index is 12.8. The fourth-order valence-corrected chi connectivity index (χ4v) is 3.62. The minimum absolute atomic E-state index is 0.201. The van der Waals surface area contributed by atoms with E-state index < -0.39 is 0 Å². The predicted molar refractivity (Wildman–Crippen MR) is 118 cm³/mol. The Morgan fingerprint density at radius 1 is 1.20 bits per heavy atom. The number of carbonyl (C=O) groups excluding carboxylic acids is 1. The lowest BCUT2D eigenvalue weighted by atomic mass is 10.1. The predicted octanol–water partition coefficient (Wildman–Crippen LogP) is 3.20. The minimum Gasteiger partial charge on any atom is -0.495 e. The van der Waals surface area contributed by atoms with Crippen LogP contribution in [0.2, 0.25) is 0 Å². The number of carbonyl (C=O) groups is 1. The van der Waals surface area contributed by atoms with Gasteiger partial charge in [0.15, 0.2) is 0 Å². The smallest absolute Gasteiger partial charge is 0.257 e. The first-order valence-electron chi connectivity index (χ1n) is 9.99. The third-order valence-corrected chi connectivity index (χ3v) is 5.25. The van der Waals surface area contributed by atoms with E-state index in [1.54, 1.807) is 31.8 Å². The van der Waals surface area contributed by atoms with Crippen molar-refractivity contribution >= 4 is 17.3 Å². The van der Waals surface area contributed by atoms with Crippen LogP contribution in [-0.2, 0) is 0 Å². The minimum atomic E-state index is -0.201. The van der Waals surface area contributed by atoms with Gasteiger partial charge in [0.2, 0.25) is 0 Å². The molecule has 1 aliphatic heterocycles. The maximum Gasteiger partial charge on any atom is 0.257 e. The summed E-state index contributed by atoms with van der Waals surface area (Å²) in [6.07, 6.45) is 5.03. The second-order valence-electron chi connectivity index (χ2n) is 7.26. The highest BCUT2D eigenvalue weighted by atomic mass is 16.5. The molecule has 0 saturated carbocycles. The normalized spacial score (nSPS) is 16.2. The number of nitrogens with zero attached hydrogens (tertiary/aromatic N) is 3. The first-order valence-corrected chi connectivity index (χ1v) is 9.99. The van der Waals surface area contributed by atoms with Crippen molar-refractivity contribution in [3.8, 4) is 17.0 Å². The molecule has 1 aromatic carbocycles. The molecule has 2 aromatic heterocycles. The molecular formula is C23H25N5O2. The molecule has 1 atom stereocenters. The summed E-state index contributed by atoms with van der Waals surface area (Å²) in [6, 6.07) is 13.4. The summed E-state index contributed by atoms with van der Waals surface area (Å²) < 4.78 is 5.56. The highest BCUT2D eigenvalue weighted by Crippen LogP contribution is 2.33. The molecule has 0 bridgehead atoms. The van der Waals surface area contributed by atoms with E-state index in [1.807, 2.05) is 36.4 Å². The second kappa shape index (κ2) is 8.92. The second-order valence-corrected chi connectivity index (χ2v) is 7.26. The van der Waals surface area contributed by atoms with Crippen LogP contribution in [-0.4, -0.2) is 48.7 Å². The fourth-order valence-electron chi connectivity index (χ4n) is 3.62. The summed E-state index contributed by atoms with van der Waals surface area (Å²) in [7, 11) is 1.67. The molecule has 0 aliphatic carbocycles. The van der Waals surface area contributed by atoms with Crippen LogP contribution in [0.25, 0.3) is 11.3 Å². The highest BCUT2D eigenvalue weighted by Gasteiger charge is 2.22. The van der Waals surface area contributed by atoms with Crippen molar-refractivity contribution in [2.45, 2.75) is 13.0 Å². The Bertz CT molecular complexity index is 1010. The van der Waals surface area contributed by atoms with Crippen LogP contribution >= 0.6 is 0 Å². The van der Waals surface area contributed by atoms with Crippen LogP contribution in [0.5, 0.6) is 5.75 Å². The molecule has 4 rings (SSSR count). The lowest BCUT2D eigenvalue weighted by Gasteiger charge is -2.36. The van der Waals surface area contributed by atoms with Gasteiger partial charge in [0.05, 0.1) is 24.1 Å². The molecule has 1 fully saturated rings. The van der Waals surface area contributed by atoms with Crippen molar-refractivity contribution in [2.75, 3.05) is 37.0 Å². The molecule has 2 N–H and O–H groups in total. The van der Waals surface area contributed by atoms with Gasteiger partial charge in [-0.05, 0) is 49.4 Å². The molecule has 1 aliphatic rings. The van der Waals surface area contributed by atoms with Gasteiger partial charge in [0, 0.05) is 55.5 Å². The summed E-state index contributed by atoms with van der Waals surface area (Å²) in [5.74, 6) is 0.596. The van der Waals surface area contributed by atoms with Gasteiger partial charge in [0.1, 0.15) is 5.75 Å². The third-order valence-electron chi connectivity index (χ3n) is 5.25. The molecule has 7 nitrogen and oxygen atoms in total. The number of aromatic nitrogens is 2. The Labute approximate surface area is 176 Å². The lowest BCUT2D eigenvalue weighted by Crippen LogP contribution is -2.50. The summed E-state index contributed by atoms with van der Waals surface area (Å²) in [6.45, 7) is 4.89. The largest absolute Gasteiger partial charge is 0.495 e. The van der Waals surface area contributed by atoms with Crippen LogP contribution in [0.3, 0.4) is 0 Å². The van der Waals surface area contributed by atoms with Crippen molar-refractivity contribution in [2.24, 2.45) is 0 Å². The molecule has 3 aromatic rings. The monoisotopic (exact) mass is 403 g/mol. The van der Waals surface area contributed by atoms with Crippen molar-refractivity contribution in [3.05, 3.63) is 66.6 Å². The molecule has 154 valence electrons. The Morgan fingerprint density at radius 3 is 2.73 bits per heavy atom. The van der Waals surface area contributed by atoms with Gasteiger partial charge < -0.3 is 20.3 Å². The topological polar surface area (TPSA) is 79.4 Å². The zero-order chi connectivity index (χ0) is 20.9. The van der Waals surface area contributed by atoms with E-state index in [4.69, 9.17) is 4.74 Å². The van der Waals surface area contributed by atoms with E-state index in [1.165, 1.54) is 0 Å². The van der Waals surface area contributed by atoms with Gasteiger partial charge in [-0.2, -0.15) is 0 Å². The first-order chi connectivity index (χ1) is 14.7. The van der Waals surface area contributed by atoms with Gasteiger partial charge in [0.25, 0.3) is 5.91 Å². The van der Waals surface area contributed by atoms with Crippen molar-refractivity contribution < 1.29 is 9.53 Å². The number of methoxy groups -OCH3 is 1. The summed E-state index contributed by atoms with van der Waals surface area (Å²) in [5.41, 5.74) is 3.96. The Balaban J connectivity index is 1.52. The number of benzene rings is 1. The third kappa shape index (κ3) is 4.26. The van der Waals surface area contributed by atoms with E-state index >= 15 is 0 Å². The molecule has 3 heterocycles. The van der Waals surface area contributed by atoms with E-state index in [0.717, 1.165) is 48.0 Å². The molecule has 0 spiro atoms. The number of hydrogen-bond donors (Lipinski definition) is 2. The highest BCUT2D eigenvalue weighted by molar-refractivity contribution is 6.04. The lowest BCUT2D eigenvalue weighted by molar-refractivity contribution is 0.102. The van der Waals surface area contributed by atoms with Crippen molar-refractivity contribution in [1.29, 1.82) is 0 Å². The molecule has 30 heavy (non-hydrogen) atoms. The number of pyridine rings is 2. The molecule has 7 heteroatoms. The number of anilines is 2. The van der Waals surface area contributed by atoms with Gasteiger partial charge >= 0.3 is 0 Å². The van der Waals surface area contributed by atoms with Crippen LogP contribution in [0.1, 0.15) is 17.3 Å². The van der Waals surface area contributed by atoms with E-state index in [0.29, 0.717) is 11.6 Å². The zero-order valence-corrected chi connectivity index (χ0v) is 17.1. The Morgan fingerprint density at radius 2 is 2.03 bits per heavy atom. The van der Waals surface area contributed by atoms with Crippen LogP contribution in [0, 0.1) is 0 Å². The molecule has 1 amide bonds. The fraction of sp³-hybridized carbons (Fsp3) is 0.261. The van der Waals surface area contributed by atoms with Gasteiger partial charge in [-0.3, -0.25) is 14.8 Å². The summed E-state index contributed by atoms with van der Waals surface area (Å²) in [5, 5.41) is 6.37. The van der Waals surface area contributed by atoms with Crippen LogP contribution in [0.15, 0.2) is 61.1 Å². The number of hydrogen-bond acceptors (Lipinski definition) is 6. The summed E-state index contributed by atoms with van der Waals surface area (Å²) >= 11 is 0. The van der Waals surface area contributed by atoms with Gasteiger partial charge in [-0.1, -0.05) is 0 Å². The zero-order valence-electron chi connectivity index (χ0n) is 17.1.